The molecule has 0 aromatic carbocycles. The number of thiophene rings is 1. The summed E-state index contributed by atoms with van der Waals surface area (Å²) < 4.78 is 0. The maximum absolute atomic E-state index is 5.88. The van der Waals surface area contributed by atoms with Gasteiger partial charge in [0.15, 0.2) is 0 Å². The SMILES string of the molecule is Cc1c(Cl)ncnc1-c1cccs1. The van der Waals surface area contributed by atoms with Crippen molar-refractivity contribution in [3.63, 3.8) is 0 Å². The average molecular weight is 211 g/mol. The molecular formula is C9H7ClN2S. The van der Waals surface area contributed by atoms with Gasteiger partial charge in [-0.15, -0.1) is 11.3 Å². The van der Waals surface area contributed by atoms with Crippen LogP contribution in [0.15, 0.2) is 23.8 Å². The molecule has 0 aliphatic rings. The Labute approximate surface area is 85.2 Å². The van der Waals surface area contributed by atoms with Crippen molar-refractivity contribution >= 4 is 22.9 Å². The number of aromatic nitrogens is 2. The van der Waals surface area contributed by atoms with Crippen LogP contribution in [0.1, 0.15) is 5.56 Å². The first kappa shape index (κ1) is 8.66. The summed E-state index contributed by atoms with van der Waals surface area (Å²) in [5.41, 5.74) is 1.86. The van der Waals surface area contributed by atoms with Crippen LogP contribution >= 0.6 is 22.9 Å². The fourth-order valence-electron chi connectivity index (χ4n) is 1.09. The van der Waals surface area contributed by atoms with Crippen LogP contribution in [0.25, 0.3) is 10.6 Å². The van der Waals surface area contributed by atoms with Crippen LogP contribution < -0.4 is 0 Å². The summed E-state index contributed by atoms with van der Waals surface area (Å²) in [5.74, 6) is 0. The summed E-state index contributed by atoms with van der Waals surface area (Å²) in [5, 5.41) is 2.54. The van der Waals surface area contributed by atoms with E-state index in [1.807, 2.05) is 24.4 Å². The number of halogens is 1. The lowest BCUT2D eigenvalue weighted by molar-refractivity contribution is 1.14. The molecule has 4 heteroatoms. The lowest BCUT2D eigenvalue weighted by Gasteiger charge is -2.01. The monoisotopic (exact) mass is 210 g/mol. The number of hydrogen-bond acceptors (Lipinski definition) is 3. The van der Waals surface area contributed by atoms with Gasteiger partial charge in [-0.05, 0) is 18.4 Å². The molecule has 0 saturated carbocycles. The minimum atomic E-state index is 0.526. The molecule has 0 fully saturated rings. The maximum atomic E-state index is 5.88. The second kappa shape index (κ2) is 3.44. The van der Waals surface area contributed by atoms with Gasteiger partial charge in [0, 0.05) is 5.56 Å². The molecule has 0 aliphatic heterocycles. The zero-order valence-electron chi connectivity index (χ0n) is 6.99. The van der Waals surface area contributed by atoms with E-state index in [0.717, 1.165) is 16.1 Å². The highest BCUT2D eigenvalue weighted by Gasteiger charge is 2.07. The van der Waals surface area contributed by atoms with Gasteiger partial charge in [-0.2, -0.15) is 0 Å². The predicted octanol–water partition coefficient (Wildman–Crippen LogP) is 3.17. The summed E-state index contributed by atoms with van der Waals surface area (Å²) in [6.45, 7) is 1.93. The van der Waals surface area contributed by atoms with Gasteiger partial charge in [-0.25, -0.2) is 9.97 Å². The van der Waals surface area contributed by atoms with Gasteiger partial charge in [0.25, 0.3) is 0 Å². The Kier molecular flexibility index (Phi) is 2.29. The van der Waals surface area contributed by atoms with Crippen molar-refractivity contribution in [1.82, 2.24) is 9.97 Å². The Bertz CT molecular complexity index is 412. The van der Waals surface area contributed by atoms with Crippen LogP contribution in [0, 0.1) is 6.92 Å². The molecule has 2 rings (SSSR count). The first-order valence-corrected chi connectivity index (χ1v) is 5.06. The standard InChI is InChI=1S/C9H7ClN2S/c1-6-8(7-3-2-4-13-7)11-5-12-9(6)10/h2-5H,1H3. The number of rotatable bonds is 1. The van der Waals surface area contributed by atoms with E-state index in [0.29, 0.717) is 5.15 Å². The minimum absolute atomic E-state index is 0.526. The molecule has 0 saturated heterocycles. The lowest BCUT2D eigenvalue weighted by Crippen LogP contribution is -1.89. The Morgan fingerprint density at radius 2 is 2.23 bits per heavy atom. The molecule has 0 unspecified atom stereocenters. The third kappa shape index (κ3) is 1.57. The molecule has 0 amide bonds. The third-order valence-electron chi connectivity index (χ3n) is 1.78. The molecule has 0 bridgehead atoms. The lowest BCUT2D eigenvalue weighted by atomic mass is 10.2. The van der Waals surface area contributed by atoms with E-state index >= 15 is 0 Å². The van der Waals surface area contributed by atoms with E-state index in [4.69, 9.17) is 11.6 Å². The third-order valence-corrected chi connectivity index (χ3v) is 3.03. The molecule has 0 radical (unpaired) electrons. The van der Waals surface area contributed by atoms with Crippen LogP contribution in [0.3, 0.4) is 0 Å². The van der Waals surface area contributed by atoms with Crippen molar-refractivity contribution < 1.29 is 0 Å². The zero-order chi connectivity index (χ0) is 9.26. The second-order valence-electron chi connectivity index (χ2n) is 2.62. The molecule has 66 valence electrons. The summed E-state index contributed by atoms with van der Waals surface area (Å²) >= 11 is 7.53. The molecule has 0 spiro atoms. The molecule has 13 heavy (non-hydrogen) atoms. The second-order valence-corrected chi connectivity index (χ2v) is 3.92. The quantitative estimate of drug-likeness (QED) is 0.676. The fourth-order valence-corrected chi connectivity index (χ4v) is 2.00. The van der Waals surface area contributed by atoms with Crippen molar-refractivity contribution in [2.45, 2.75) is 6.92 Å². The number of nitrogens with zero attached hydrogens (tertiary/aromatic N) is 2. The largest absolute Gasteiger partial charge is 0.235 e. The van der Waals surface area contributed by atoms with E-state index in [-0.39, 0.29) is 0 Å². The van der Waals surface area contributed by atoms with Crippen molar-refractivity contribution in [2.24, 2.45) is 0 Å². The highest BCUT2D eigenvalue weighted by Crippen LogP contribution is 2.27. The van der Waals surface area contributed by atoms with Gasteiger partial charge in [0.05, 0.1) is 10.6 Å². The first-order valence-electron chi connectivity index (χ1n) is 3.80. The smallest absolute Gasteiger partial charge is 0.135 e. The summed E-state index contributed by atoms with van der Waals surface area (Å²) in [6, 6.07) is 4.02. The maximum Gasteiger partial charge on any atom is 0.135 e. The van der Waals surface area contributed by atoms with Crippen LogP contribution in [-0.2, 0) is 0 Å². The Balaban J connectivity index is 2.59. The van der Waals surface area contributed by atoms with Crippen molar-refractivity contribution in [1.29, 1.82) is 0 Å². The van der Waals surface area contributed by atoms with Gasteiger partial charge in [-0.3, -0.25) is 0 Å². The molecule has 0 N–H and O–H groups in total. The van der Waals surface area contributed by atoms with Gasteiger partial charge < -0.3 is 0 Å². The molecular weight excluding hydrogens is 204 g/mol. The van der Waals surface area contributed by atoms with Crippen LogP contribution in [-0.4, -0.2) is 9.97 Å². The van der Waals surface area contributed by atoms with Gasteiger partial charge in [-0.1, -0.05) is 17.7 Å². The topological polar surface area (TPSA) is 25.8 Å². The summed E-state index contributed by atoms with van der Waals surface area (Å²) in [4.78, 5) is 9.23. The van der Waals surface area contributed by atoms with Crippen LogP contribution in [0.4, 0.5) is 0 Å². The van der Waals surface area contributed by atoms with Crippen molar-refractivity contribution in [2.75, 3.05) is 0 Å². The molecule has 0 atom stereocenters. The van der Waals surface area contributed by atoms with Gasteiger partial charge in [0.1, 0.15) is 11.5 Å². The normalized spacial score (nSPS) is 10.3. The summed E-state index contributed by atoms with van der Waals surface area (Å²) in [6.07, 6.45) is 1.49. The Morgan fingerprint density at radius 3 is 2.92 bits per heavy atom. The van der Waals surface area contributed by atoms with E-state index in [9.17, 15) is 0 Å². The molecule has 2 nitrogen and oxygen atoms in total. The van der Waals surface area contributed by atoms with Gasteiger partial charge >= 0.3 is 0 Å². The van der Waals surface area contributed by atoms with E-state index in [1.165, 1.54) is 6.33 Å². The fraction of sp³-hybridized carbons (Fsp3) is 0.111. The Hall–Kier alpha value is -0.930. The predicted molar refractivity (Wildman–Crippen MR) is 55.1 cm³/mol. The first-order chi connectivity index (χ1) is 6.29. The van der Waals surface area contributed by atoms with Crippen molar-refractivity contribution in [3.05, 3.63) is 34.6 Å². The summed E-state index contributed by atoms with van der Waals surface area (Å²) in [7, 11) is 0. The molecule has 0 aliphatic carbocycles. The zero-order valence-corrected chi connectivity index (χ0v) is 8.56. The number of hydrogen-bond donors (Lipinski definition) is 0. The van der Waals surface area contributed by atoms with E-state index < -0.39 is 0 Å². The highest BCUT2D eigenvalue weighted by molar-refractivity contribution is 7.13. The van der Waals surface area contributed by atoms with Crippen LogP contribution in [0.5, 0.6) is 0 Å². The van der Waals surface area contributed by atoms with E-state index in [1.54, 1.807) is 11.3 Å². The molecule has 2 aromatic rings. The minimum Gasteiger partial charge on any atom is -0.235 e. The molecule has 2 heterocycles. The van der Waals surface area contributed by atoms with E-state index in [2.05, 4.69) is 9.97 Å². The van der Waals surface area contributed by atoms with Crippen molar-refractivity contribution in [3.8, 4) is 10.6 Å². The Morgan fingerprint density at radius 1 is 1.38 bits per heavy atom. The highest BCUT2D eigenvalue weighted by atomic mass is 35.5. The van der Waals surface area contributed by atoms with Gasteiger partial charge in [0.2, 0.25) is 0 Å². The molecule has 2 aromatic heterocycles. The van der Waals surface area contributed by atoms with Crippen LogP contribution in [0.2, 0.25) is 5.15 Å². The average Bonchev–Trinajstić information content (AvgIpc) is 2.62.